The SMILES string of the molecule is CSC(C)C(=O)OCCOC(=O)CCN(CCCCN(CCC(=O)OCCOC(=O)C(C)SC)CCC(=O)OCCOC(=O)C(C)SC)CCCN(CCC(=O)OCCOC(=O)C(C)SC)CCC(=O)OCCOC(=O)C(C)SC. The molecule has 0 aromatic carbocycles. The van der Waals surface area contributed by atoms with E-state index in [-0.39, 0.29) is 151 Å². The van der Waals surface area contributed by atoms with Crippen molar-refractivity contribution in [2.24, 2.45) is 0 Å². The zero-order chi connectivity index (χ0) is 60.1. The molecule has 0 aliphatic rings. The van der Waals surface area contributed by atoms with Crippen molar-refractivity contribution in [3.05, 3.63) is 0 Å². The van der Waals surface area contributed by atoms with Crippen LogP contribution in [0.2, 0.25) is 0 Å². The summed E-state index contributed by atoms with van der Waals surface area (Å²) in [6, 6.07) is 0. The summed E-state index contributed by atoms with van der Waals surface area (Å²) in [5.41, 5.74) is 0. The Labute approximate surface area is 494 Å². The van der Waals surface area contributed by atoms with Crippen LogP contribution in [-0.4, -0.2) is 257 Å². The third-order valence-electron chi connectivity index (χ3n) is 11.7. The molecular formula is C52H89N3O20S5. The fraction of sp³-hybridized carbons (Fsp3) is 0.808. The average molecular weight is 1240 g/mol. The van der Waals surface area contributed by atoms with Crippen LogP contribution in [0.25, 0.3) is 0 Å². The summed E-state index contributed by atoms with van der Waals surface area (Å²) < 4.78 is 52.4. The molecule has 5 atom stereocenters. The van der Waals surface area contributed by atoms with Gasteiger partial charge in [0.2, 0.25) is 0 Å². The predicted molar refractivity (Wildman–Crippen MR) is 311 cm³/mol. The van der Waals surface area contributed by atoms with Crippen LogP contribution < -0.4 is 0 Å². The monoisotopic (exact) mass is 1240 g/mol. The topological polar surface area (TPSA) is 273 Å². The molecular weight excluding hydrogens is 1150 g/mol. The molecule has 0 aliphatic heterocycles. The third kappa shape index (κ3) is 40.5. The summed E-state index contributed by atoms with van der Waals surface area (Å²) in [5, 5.41) is -1.80. The molecule has 462 valence electrons. The predicted octanol–water partition coefficient (Wildman–Crippen LogP) is 4.20. The number of ether oxygens (including phenoxy) is 10. The van der Waals surface area contributed by atoms with Gasteiger partial charge in [0.25, 0.3) is 0 Å². The number of thioether (sulfide) groups is 5. The maximum atomic E-state index is 12.9. The van der Waals surface area contributed by atoms with Gasteiger partial charge in [-0.1, -0.05) is 0 Å². The van der Waals surface area contributed by atoms with Crippen LogP contribution in [0.4, 0.5) is 0 Å². The van der Waals surface area contributed by atoms with Crippen molar-refractivity contribution >= 4 is 119 Å². The number of hydrogen-bond acceptors (Lipinski definition) is 28. The summed E-state index contributed by atoms with van der Waals surface area (Å²) >= 11 is 6.67. The molecule has 80 heavy (non-hydrogen) atoms. The Bertz CT molecular complexity index is 1730. The van der Waals surface area contributed by atoms with Gasteiger partial charge in [-0.05, 0) is 111 Å². The molecule has 0 aromatic rings. The smallest absolute Gasteiger partial charge is 0.318 e. The van der Waals surface area contributed by atoms with Crippen molar-refractivity contribution in [2.45, 2.75) is 112 Å². The molecule has 0 saturated heterocycles. The minimum absolute atomic E-state index is 0.00993. The molecule has 0 aliphatic carbocycles. The second kappa shape index (κ2) is 48.8. The zero-order valence-corrected chi connectivity index (χ0v) is 52.6. The van der Waals surface area contributed by atoms with E-state index in [0.29, 0.717) is 52.0 Å². The molecule has 0 fully saturated rings. The lowest BCUT2D eigenvalue weighted by Crippen LogP contribution is -2.35. The van der Waals surface area contributed by atoms with Gasteiger partial charge in [0.05, 0.1) is 58.4 Å². The van der Waals surface area contributed by atoms with Crippen LogP contribution in [0.1, 0.15) is 86.0 Å². The van der Waals surface area contributed by atoms with E-state index in [9.17, 15) is 47.9 Å². The van der Waals surface area contributed by atoms with Crippen molar-refractivity contribution < 1.29 is 95.3 Å². The van der Waals surface area contributed by atoms with E-state index in [1.165, 1.54) is 58.8 Å². The van der Waals surface area contributed by atoms with Crippen LogP contribution in [0, 0.1) is 0 Å². The van der Waals surface area contributed by atoms with Gasteiger partial charge in [-0.3, -0.25) is 47.9 Å². The van der Waals surface area contributed by atoms with Gasteiger partial charge >= 0.3 is 59.7 Å². The Balaban J connectivity index is 6.00. The Morgan fingerprint density at radius 2 is 0.425 bits per heavy atom. The van der Waals surface area contributed by atoms with Crippen LogP contribution in [0.3, 0.4) is 0 Å². The number of carbonyl (C=O) groups excluding carboxylic acids is 10. The van der Waals surface area contributed by atoms with Crippen molar-refractivity contribution in [1.29, 1.82) is 0 Å². The first-order chi connectivity index (χ1) is 38.2. The molecule has 28 heteroatoms. The fourth-order valence-electron chi connectivity index (χ4n) is 6.36. The molecule has 0 heterocycles. The minimum atomic E-state index is -0.525. The summed E-state index contributed by atoms with van der Waals surface area (Å²) in [7, 11) is 0. The van der Waals surface area contributed by atoms with Gasteiger partial charge < -0.3 is 62.1 Å². The van der Waals surface area contributed by atoms with Gasteiger partial charge in [0, 0.05) is 32.7 Å². The first kappa shape index (κ1) is 76.3. The molecule has 0 N–H and O–H groups in total. The van der Waals surface area contributed by atoms with E-state index in [1.807, 2.05) is 9.80 Å². The number of carbonyl (C=O) groups is 10. The van der Waals surface area contributed by atoms with Crippen molar-refractivity contribution in [2.75, 3.05) is 156 Å². The third-order valence-corrected chi connectivity index (χ3v) is 16.2. The second-order valence-electron chi connectivity index (χ2n) is 17.7. The van der Waals surface area contributed by atoms with Crippen molar-refractivity contribution in [1.82, 2.24) is 14.7 Å². The molecule has 0 bridgehead atoms. The number of esters is 10. The lowest BCUT2D eigenvalue weighted by molar-refractivity contribution is -0.152. The van der Waals surface area contributed by atoms with Crippen LogP contribution in [0.15, 0.2) is 0 Å². The van der Waals surface area contributed by atoms with E-state index in [2.05, 4.69) is 4.90 Å². The van der Waals surface area contributed by atoms with Crippen molar-refractivity contribution in [3.63, 3.8) is 0 Å². The zero-order valence-electron chi connectivity index (χ0n) is 48.5. The lowest BCUT2D eigenvalue weighted by Gasteiger charge is -2.26. The van der Waals surface area contributed by atoms with E-state index in [1.54, 1.807) is 65.9 Å². The largest absolute Gasteiger partial charge is 0.462 e. The van der Waals surface area contributed by atoms with Crippen molar-refractivity contribution in [3.8, 4) is 0 Å². The Kier molecular flexibility index (Phi) is 46.6. The maximum absolute atomic E-state index is 12.9. The minimum Gasteiger partial charge on any atom is -0.462 e. The van der Waals surface area contributed by atoms with Gasteiger partial charge in [-0.25, -0.2) is 0 Å². The standard InChI is InChI=1S/C52H89N3O20S5/c1-38(76-6)48(61)71-33-28-66-43(56)14-23-53(21-13-22-55(26-17-46(59)69-31-36-74-51(64)41(4)79-9)27-18-47(60)70-32-37-75-52(65)42(5)80-10)19-11-12-20-54(24-15-44(57)67-29-34-72-49(62)39(2)77-7)25-16-45(58)68-30-35-73-50(63)40(3)78-8/h38-42H,11-37H2,1-10H3. The molecule has 0 saturated carbocycles. The van der Waals surface area contributed by atoms with Gasteiger partial charge in [-0.2, -0.15) is 58.8 Å². The van der Waals surface area contributed by atoms with E-state index in [0.717, 1.165) is 0 Å². The molecule has 23 nitrogen and oxygen atoms in total. The summed E-state index contributed by atoms with van der Waals surface area (Å²) in [5.74, 6) is -4.63. The fourth-order valence-corrected chi connectivity index (χ4v) is 7.66. The van der Waals surface area contributed by atoms with E-state index >= 15 is 0 Å². The molecule has 0 spiro atoms. The first-order valence-electron chi connectivity index (χ1n) is 26.6. The van der Waals surface area contributed by atoms with Crippen LogP contribution >= 0.6 is 58.8 Å². The highest BCUT2D eigenvalue weighted by Gasteiger charge is 2.20. The average Bonchev–Trinajstić information content (AvgIpc) is 3.45. The normalized spacial score (nSPS) is 13.1. The maximum Gasteiger partial charge on any atom is 0.318 e. The molecule has 0 rings (SSSR count). The molecule has 0 aromatic heterocycles. The number of rotatable bonds is 49. The summed E-state index contributed by atoms with van der Waals surface area (Å²) in [4.78, 5) is 130. The Morgan fingerprint density at radius 1 is 0.263 bits per heavy atom. The Morgan fingerprint density at radius 3 is 0.613 bits per heavy atom. The molecule has 5 unspecified atom stereocenters. The lowest BCUT2D eigenvalue weighted by atomic mass is 10.2. The number of hydrogen-bond donors (Lipinski definition) is 0. The molecule has 0 amide bonds. The highest BCUT2D eigenvalue weighted by atomic mass is 32.2. The second-order valence-corrected chi connectivity index (χ2v) is 23.6. The summed E-state index contributed by atoms with van der Waals surface area (Å²) in [6.45, 7) is 10.7. The summed E-state index contributed by atoms with van der Waals surface area (Å²) in [6.07, 6.45) is 10.6. The van der Waals surface area contributed by atoms with Gasteiger partial charge in [0.15, 0.2) is 0 Å². The van der Waals surface area contributed by atoms with E-state index < -0.39 is 59.7 Å². The number of nitrogens with zero attached hydrogens (tertiary/aromatic N) is 3. The molecule has 0 radical (unpaired) electrons. The Hall–Kier alpha value is -3.67. The highest BCUT2D eigenvalue weighted by Crippen LogP contribution is 2.12. The quantitative estimate of drug-likeness (QED) is 0.0469. The number of unbranched alkanes of at least 4 members (excludes halogenated alkanes) is 1. The van der Waals surface area contributed by atoms with Crippen LogP contribution in [0.5, 0.6) is 0 Å². The van der Waals surface area contributed by atoms with Crippen LogP contribution in [-0.2, 0) is 95.3 Å². The van der Waals surface area contributed by atoms with Gasteiger partial charge in [-0.15, -0.1) is 0 Å². The van der Waals surface area contributed by atoms with Gasteiger partial charge in [0.1, 0.15) is 66.1 Å². The highest BCUT2D eigenvalue weighted by molar-refractivity contribution is 8.00. The first-order valence-corrected chi connectivity index (χ1v) is 33.1. The van der Waals surface area contributed by atoms with E-state index in [4.69, 9.17) is 47.4 Å².